The number of carbonyl (C=O) groups is 1. The van der Waals surface area contributed by atoms with Gasteiger partial charge < -0.3 is 14.5 Å². The quantitative estimate of drug-likeness (QED) is 0.486. The summed E-state index contributed by atoms with van der Waals surface area (Å²) in [5.41, 5.74) is 2.37. The van der Waals surface area contributed by atoms with Crippen LogP contribution in [0, 0.1) is 6.92 Å². The molecule has 2 aromatic heterocycles. The van der Waals surface area contributed by atoms with Gasteiger partial charge in [-0.15, -0.1) is 0 Å². The van der Waals surface area contributed by atoms with Crippen LogP contribution in [-0.4, -0.2) is 17.0 Å². The SMILES string of the molecule is Cc1cc(=O)oc2cc(OC(C)C)c(CCC(=O)Nc3ccnc(Cl)c3)cc12. The number of amides is 1. The fraction of sp³-hybridized carbons (Fsp3) is 0.286. The Hall–Kier alpha value is -2.86. The van der Waals surface area contributed by atoms with Gasteiger partial charge >= 0.3 is 5.63 Å². The van der Waals surface area contributed by atoms with E-state index in [1.165, 1.54) is 12.3 Å². The molecule has 1 aromatic carbocycles. The van der Waals surface area contributed by atoms with Gasteiger partial charge in [0.2, 0.25) is 5.91 Å². The standard InChI is InChI=1S/C21H21ClN2O4/c1-12(2)27-17-11-18-16(13(3)8-21(26)28-18)9-14(17)4-5-20(25)24-15-6-7-23-19(22)10-15/h6-12H,4-5H2,1-3H3,(H,23,24,25). The molecule has 3 aromatic rings. The highest BCUT2D eigenvalue weighted by Crippen LogP contribution is 2.29. The zero-order chi connectivity index (χ0) is 20.3. The topological polar surface area (TPSA) is 81.4 Å². The van der Waals surface area contributed by atoms with Gasteiger partial charge in [-0.2, -0.15) is 0 Å². The number of aryl methyl sites for hydroxylation is 2. The predicted molar refractivity (Wildman–Crippen MR) is 109 cm³/mol. The number of nitrogens with zero attached hydrogens (tertiary/aromatic N) is 1. The van der Waals surface area contributed by atoms with Crippen molar-refractivity contribution in [1.29, 1.82) is 0 Å². The van der Waals surface area contributed by atoms with Gasteiger partial charge in [-0.3, -0.25) is 4.79 Å². The summed E-state index contributed by atoms with van der Waals surface area (Å²) >= 11 is 5.84. The van der Waals surface area contributed by atoms with Crippen LogP contribution >= 0.6 is 11.6 Å². The molecule has 2 heterocycles. The van der Waals surface area contributed by atoms with Crippen LogP contribution in [0.2, 0.25) is 5.15 Å². The van der Waals surface area contributed by atoms with Crippen LogP contribution in [0.25, 0.3) is 11.0 Å². The number of hydrogen-bond donors (Lipinski definition) is 1. The normalized spacial score (nSPS) is 11.0. The molecule has 7 heteroatoms. The van der Waals surface area contributed by atoms with Crippen LogP contribution in [0.4, 0.5) is 5.69 Å². The zero-order valence-corrected chi connectivity index (χ0v) is 16.7. The van der Waals surface area contributed by atoms with E-state index >= 15 is 0 Å². The number of pyridine rings is 1. The minimum atomic E-state index is -0.399. The van der Waals surface area contributed by atoms with Crippen molar-refractivity contribution in [2.45, 2.75) is 39.7 Å². The van der Waals surface area contributed by atoms with Crippen molar-refractivity contribution in [1.82, 2.24) is 4.98 Å². The van der Waals surface area contributed by atoms with Crippen LogP contribution in [0.15, 0.2) is 45.7 Å². The van der Waals surface area contributed by atoms with Gasteiger partial charge in [0.15, 0.2) is 0 Å². The molecule has 0 spiro atoms. The third-order valence-corrected chi connectivity index (χ3v) is 4.33. The molecule has 1 amide bonds. The number of aromatic nitrogens is 1. The summed E-state index contributed by atoms with van der Waals surface area (Å²) in [6.45, 7) is 5.69. The molecule has 0 aliphatic carbocycles. The molecule has 0 bridgehead atoms. The summed E-state index contributed by atoms with van der Waals surface area (Å²) in [5.74, 6) is 0.463. The van der Waals surface area contributed by atoms with E-state index in [-0.39, 0.29) is 18.4 Å². The molecule has 0 saturated carbocycles. The summed E-state index contributed by atoms with van der Waals surface area (Å²) in [6, 6.07) is 8.36. The van der Waals surface area contributed by atoms with Crippen molar-refractivity contribution >= 4 is 34.2 Å². The average molecular weight is 401 g/mol. The van der Waals surface area contributed by atoms with Gasteiger partial charge in [-0.25, -0.2) is 9.78 Å². The molecule has 0 fully saturated rings. The highest BCUT2D eigenvalue weighted by atomic mass is 35.5. The lowest BCUT2D eigenvalue weighted by atomic mass is 10.0. The van der Waals surface area contributed by atoms with E-state index in [1.54, 1.807) is 18.2 Å². The van der Waals surface area contributed by atoms with Crippen molar-refractivity contribution in [3.8, 4) is 5.75 Å². The number of hydrogen-bond acceptors (Lipinski definition) is 5. The van der Waals surface area contributed by atoms with E-state index in [1.807, 2.05) is 26.8 Å². The minimum Gasteiger partial charge on any atom is -0.491 e. The number of halogens is 1. The fourth-order valence-electron chi connectivity index (χ4n) is 2.90. The number of fused-ring (bicyclic) bond motifs is 1. The van der Waals surface area contributed by atoms with Gasteiger partial charge in [-0.05, 0) is 56.5 Å². The Kier molecular flexibility index (Phi) is 5.99. The Balaban J connectivity index is 1.84. The Morgan fingerprint density at radius 3 is 2.79 bits per heavy atom. The van der Waals surface area contributed by atoms with Crippen LogP contribution in [0.1, 0.15) is 31.4 Å². The van der Waals surface area contributed by atoms with Crippen molar-refractivity contribution in [3.05, 3.63) is 63.2 Å². The number of carbonyl (C=O) groups excluding carboxylic acids is 1. The van der Waals surface area contributed by atoms with E-state index in [4.69, 9.17) is 20.8 Å². The summed E-state index contributed by atoms with van der Waals surface area (Å²) in [5, 5.41) is 3.95. The fourth-order valence-corrected chi connectivity index (χ4v) is 3.08. The molecule has 0 saturated heterocycles. The lowest BCUT2D eigenvalue weighted by molar-refractivity contribution is -0.116. The zero-order valence-electron chi connectivity index (χ0n) is 15.9. The van der Waals surface area contributed by atoms with Crippen LogP contribution in [0.3, 0.4) is 0 Å². The molecule has 0 unspecified atom stereocenters. The Morgan fingerprint density at radius 1 is 1.29 bits per heavy atom. The number of ether oxygens (including phenoxy) is 1. The van der Waals surface area contributed by atoms with Crippen molar-refractivity contribution in [2.75, 3.05) is 5.32 Å². The first-order valence-electron chi connectivity index (χ1n) is 8.97. The lowest BCUT2D eigenvalue weighted by Crippen LogP contribution is -2.13. The molecule has 0 aliphatic rings. The Labute approximate surface area is 167 Å². The maximum Gasteiger partial charge on any atom is 0.336 e. The largest absolute Gasteiger partial charge is 0.491 e. The molecular weight excluding hydrogens is 380 g/mol. The molecule has 6 nitrogen and oxygen atoms in total. The number of nitrogens with one attached hydrogen (secondary N) is 1. The lowest BCUT2D eigenvalue weighted by Gasteiger charge is -2.16. The molecule has 1 N–H and O–H groups in total. The third-order valence-electron chi connectivity index (χ3n) is 4.13. The Bertz CT molecular complexity index is 1080. The molecule has 28 heavy (non-hydrogen) atoms. The summed E-state index contributed by atoms with van der Waals surface area (Å²) < 4.78 is 11.2. The highest BCUT2D eigenvalue weighted by molar-refractivity contribution is 6.29. The van der Waals surface area contributed by atoms with E-state index in [2.05, 4.69) is 10.3 Å². The number of rotatable bonds is 6. The molecule has 146 valence electrons. The number of benzene rings is 1. The first-order chi connectivity index (χ1) is 13.3. The van der Waals surface area contributed by atoms with Gasteiger partial charge in [0.05, 0.1) is 6.10 Å². The summed E-state index contributed by atoms with van der Waals surface area (Å²) in [6.07, 6.45) is 2.21. The third kappa shape index (κ3) is 4.89. The Morgan fingerprint density at radius 2 is 2.07 bits per heavy atom. The predicted octanol–water partition coefficient (Wildman–Crippen LogP) is 4.51. The second kappa shape index (κ2) is 8.44. The van der Waals surface area contributed by atoms with E-state index < -0.39 is 5.63 Å². The van der Waals surface area contributed by atoms with Gasteiger partial charge in [0.25, 0.3) is 0 Å². The maximum atomic E-state index is 12.3. The number of anilines is 1. The van der Waals surface area contributed by atoms with Crippen LogP contribution in [-0.2, 0) is 11.2 Å². The summed E-state index contributed by atoms with van der Waals surface area (Å²) in [4.78, 5) is 27.9. The monoisotopic (exact) mass is 400 g/mol. The second-order valence-corrected chi connectivity index (χ2v) is 7.17. The van der Waals surface area contributed by atoms with Crippen molar-refractivity contribution in [2.24, 2.45) is 0 Å². The molecule has 0 atom stereocenters. The minimum absolute atomic E-state index is 0.0551. The smallest absolute Gasteiger partial charge is 0.336 e. The molecule has 0 radical (unpaired) electrons. The first kappa shape index (κ1) is 19.9. The first-order valence-corrected chi connectivity index (χ1v) is 9.35. The van der Waals surface area contributed by atoms with Gasteiger partial charge in [-0.1, -0.05) is 11.6 Å². The van der Waals surface area contributed by atoms with E-state index in [0.717, 1.165) is 16.5 Å². The van der Waals surface area contributed by atoms with Gasteiger partial charge in [0.1, 0.15) is 16.5 Å². The van der Waals surface area contributed by atoms with Crippen molar-refractivity contribution < 1.29 is 13.9 Å². The van der Waals surface area contributed by atoms with Crippen LogP contribution < -0.4 is 15.7 Å². The molecular formula is C21H21ClN2O4. The van der Waals surface area contributed by atoms with E-state index in [0.29, 0.717) is 28.6 Å². The van der Waals surface area contributed by atoms with Crippen molar-refractivity contribution in [3.63, 3.8) is 0 Å². The molecule has 3 rings (SSSR count). The second-order valence-electron chi connectivity index (χ2n) is 6.79. The highest BCUT2D eigenvalue weighted by Gasteiger charge is 2.13. The molecule has 0 aliphatic heterocycles. The van der Waals surface area contributed by atoms with Gasteiger partial charge in [0, 0.05) is 35.8 Å². The summed E-state index contributed by atoms with van der Waals surface area (Å²) in [7, 11) is 0. The van der Waals surface area contributed by atoms with Crippen LogP contribution in [0.5, 0.6) is 5.75 Å². The average Bonchev–Trinajstić information content (AvgIpc) is 2.59. The maximum absolute atomic E-state index is 12.3. The van der Waals surface area contributed by atoms with E-state index in [9.17, 15) is 9.59 Å².